The van der Waals surface area contributed by atoms with Gasteiger partial charge in [-0.3, -0.25) is 4.90 Å². The molecule has 2 heterocycles. The minimum absolute atomic E-state index is 0.658. The van der Waals surface area contributed by atoms with Crippen molar-refractivity contribution in [3.05, 3.63) is 35.9 Å². The van der Waals surface area contributed by atoms with E-state index in [-0.39, 0.29) is 0 Å². The summed E-state index contributed by atoms with van der Waals surface area (Å²) in [6.07, 6.45) is 3.41. The van der Waals surface area contributed by atoms with Crippen molar-refractivity contribution in [1.29, 1.82) is 0 Å². The molecule has 0 spiro atoms. The molecule has 15 heavy (non-hydrogen) atoms. The summed E-state index contributed by atoms with van der Waals surface area (Å²) in [6, 6.07) is 10.8. The summed E-state index contributed by atoms with van der Waals surface area (Å²) >= 11 is 0. The zero-order valence-corrected chi connectivity index (χ0v) is 9.02. The van der Waals surface area contributed by atoms with Gasteiger partial charge in [-0.2, -0.15) is 0 Å². The van der Waals surface area contributed by atoms with Gasteiger partial charge in [0.25, 0.3) is 0 Å². The van der Waals surface area contributed by atoms with E-state index >= 15 is 0 Å². The second-order valence-corrected chi connectivity index (χ2v) is 4.69. The molecule has 2 aliphatic rings. The van der Waals surface area contributed by atoms with Crippen molar-refractivity contribution in [2.45, 2.75) is 25.6 Å². The molecule has 2 heteroatoms. The summed E-state index contributed by atoms with van der Waals surface area (Å²) in [7, 11) is 0. The van der Waals surface area contributed by atoms with Crippen molar-refractivity contribution < 1.29 is 0 Å². The lowest BCUT2D eigenvalue weighted by molar-refractivity contribution is 0.213. The molecule has 2 atom stereocenters. The van der Waals surface area contributed by atoms with Gasteiger partial charge in [0.05, 0.1) is 6.17 Å². The van der Waals surface area contributed by atoms with Crippen LogP contribution in [0.4, 0.5) is 0 Å². The monoisotopic (exact) mass is 202 g/mol. The molecule has 0 amide bonds. The second-order valence-electron chi connectivity index (χ2n) is 4.69. The Morgan fingerprint density at radius 3 is 2.93 bits per heavy atom. The predicted molar refractivity (Wildman–Crippen MR) is 61.4 cm³/mol. The van der Waals surface area contributed by atoms with Gasteiger partial charge in [0.2, 0.25) is 0 Å². The molecule has 0 aromatic heterocycles. The van der Waals surface area contributed by atoms with Crippen LogP contribution in [0.5, 0.6) is 0 Å². The maximum absolute atomic E-state index is 3.61. The normalized spacial score (nSPS) is 30.7. The molecule has 1 N–H and O–H groups in total. The lowest BCUT2D eigenvalue weighted by Crippen LogP contribution is -2.39. The largest absolute Gasteiger partial charge is 0.301 e. The van der Waals surface area contributed by atoms with E-state index < -0.39 is 0 Å². The maximum Gasteiger partial charge on any atom is 0.0630 e. The van der Waals surface area contributed by atoms with Crippen molar-refractivity contribution in [3.63, 3.8) is 0 Å². The van der Waals surface area contributed by atoms with Crippen molar-refractivity contribution in [1.82, 2.24) is 10.2 Å². The molecule has 0 saturated carbocycles. The Balaban J connectivity index is 1.69. The van der Waals surface area contributed by atoms with Gasteiger partial charge in [0, 0.05) is 13.1 Å². The molecule has 2 fully saturated rings. The third-order valence-corrected chi connectivity index (χ3v) is 3.72. The van der Waals surface area contributed by atoms with E-state index in [4.69, 9.17) is 0 Å². The van der Waals surface area contributed by atoms with Gasteiger partial charge < -0.3 is 5.32 Å². The van der Waals surface area contributed by atoms with Gasteiger partial charge >= 0.3 is 0 Å². The van der Waals surface area contributed by atoms with Crippen LogP contribution in [0.3, 0.4) is 0 Å². The van der Waals surface area contributed by atoms with Crippen molar-refractivity contribution in [2.75, 3.05) is 13.1 Å². The van der Waals surface area contributed by atoms with E-state index in [2.05, 4.69) is 40.5 Å². The lowest BCUT2D eigenvalue weighted by atomic mass is 10.1. The number of nitrogens with one attached hydrogen (secondary N) is 1. The Morgan fingerprint density at radius 2 is 2.07 bits per heavy atom. The van der Waals surface area contributed by atoms with E-state index in [1.807, 2.05) is 0 Å². The fourth-order valence-electron chi connectivity index (χ4n) is 2.94. The van der Waals surface area contributed by atoms with Crippen molar-refractivity contribution >= 4 is 0 Å². The third kappa shape index (κ3) is 1.80. The van der Waals surface area contributed by atoms with Gasteiger partial charge in [-0.15, -0.1) is 0 Å². The molecular formula is C13H18N2. The smallest absolute Gasteiger partial charge is 0.0630 e. The molecule has 2 aliphatic heterocycles. The predicted octanol–water partition coefficient (Wildman–Crippen LogP) is 1.83. The van der Waals surface area contributed by atoms with Crippen LogP contribution in [0.15, 0.2) is 30.3 Å². The van der Waals surface area contributed by atoms with Crippen molar-refractivity contribution in [2.24, 2.45) is 5.92 Å². The first-order valence-corrected chi connectivity index (χ1v) is 5.95. The third-order valence-electron chi connectivity index (χ3n) is 3.72. The quantitative estimate of drug-likeness (QED) is 0.787. The van der Waals surface area contributed by atoms with Gasteiger partial charge in [0.15, 0.2) is 0 Å². The van der Waals surface area contributed by atoms with Crippen LogP contribution in [-0.2, 0) is 6.54 Å². The van der Waals surface area contributed by atoms with Crippen LogP contribution in [0.25, 0.3) is 0 Å². The first-order chi connectivity index (χ1) is 7.43. The molecule has 2 saturated heterocycles. The Hall–Kier alpha value is -0.860. The highest BCUT2D eigenvalue weighted by Gasteiger charge is 2.36. The number of likely N-dealkylation sites (tertiary alicyclic amines) is 1. The Morgan fingerprint density at radius 1 is 1.20 bits per heavy atom. The molecule has 1 aromatic carbocycles. The molecule has 0 unspecified atom stereocenters. The summed E-state index contributed by atoms with van der Waals surface area (Å²) < 4.78 is 0. The average molecular weight is 202 g/mol. The van der Waals surface area contributed by atoms with E-state index in [0.29, 0.717) is 6.17 Å². The van der Waals surface area contributed by atoms with Crippen LogP contribution in [-0.4, -0.2) is 24.2 Å². The molecule has 0 radical (unpaired) electrons. The number of benzene rings is 1. The van der Waals surface area contributed by atoms with Crippen LogP contribution >= 0.6 is 0 Å². The molecule has 2 nitrogen and oxygen atoms in total. The number of hydrogen-bond acceptors (Lipinski definition) is 2. The van der Waals surface area contributed by atoms with Crippen LogP contribution in [0, 0.1) is 5.92 Å². The minimum atomic E-state index is 0.658. The topological polar surface area (TPSA) is 15.3 Å². The summed E-state index contributed by atoms with van der Waals surface area (Å²) in [6.45, 7) is 3.58. The molecular weight excluding hydrogens is 184 g/mol. The zero-order valence-electron chi connectivity index (χ0n) is 9.02. The maximum atomic E-state index is 3.61. The van der Waals surface area contributed by atoms with Gasteiger partial charge in [-0.1, -0.05) is 30.3 Å². The number of hydrogen-bond donors (Lipinski definition) is 1. The first-order valence-electron chi connectivity index (χ1n) is 5.95. The number of fused-ring (bicyclic) bond motifs is 1. The summed E-state index contributed by atoms with van der Waals surface area (Å²) in [5.41, 5.74) is 1.44. The summed E-state index contributed by atoms with van der Waals surface area (Å²) in [5.74, 6) is 0.911. The molecule has 3 rings (SSSR count). The SMILES string of the molecule is c1ccc(CN2CC[C@@H]3CCN[C@@H]32)cc1. The van der Waals surface area contributed by atoms with Crippen LogP contribution in [0.2, 0.25) is 0 Å². The van der Waals surface area contributed by atoms with Crippen LogP contribution in [0.1, 0.15) is 18.4 Å². The summed E-state index contributed by atoms with van der Waals surface area (Å²) in [5, 5.41) is 3.61. The highest BCUT2D eigenvalue weighted by atomic mass is 15.3. The zero-order chi connectivity index (χ0) is 10.1. The first kappa shape index (κ1) is 9.37. The Labute approximate surface area is 91.3 Å². The van der Waals surface area contributed by atoms with Crippen molar-refractivity contribution in [3.8, 4) is 0 Å². The molecule has 0 aliphatic carbocycles. The number of nitrogens with zero attached hydrogens (tertiary/aromatic N) is 1. The fourth-order valence-corrected chi connectivity index (χ4v) is 2.94. The van der Waals surface area contributed by atoms with E-state index in [1.165, 1.54) is 31.5 Å². The average Bonchev–Trinajstić information content (AvgIpc) is 2.85. The Bertz CT molecular complexity index is 323. The second kappa shape index (κ2) is 3.95. The van der Waals surface area contributed by atoms with E-state index in [9.17, 15) is 0 Å². The fraction of sp³-hybridized carbons (Fsp3) is 0.538. The van der Waals surface area contributed by atoms with Crippen LogP contribution < -0.4 is 5.32 Å². The highest BCUT2D eigenvalue weighted by molar-refractivity contribution is 5.15. The number of rotatable bonds is 2. The van der Waals surface area contributed by atoms with Gasteiger partial charge in [-0.05, 0) is 30.9 Å². The van der Waals surface area contributed by atoms with Gasteiger partial charge in [0.1, 0.15) is 0 Å². The standard InChI is InChI=1S/C13H18N2/c1-2-4-11(5-3-1)10-15-9-7-12-6-8-14-13(12)15/h1-5,12-14H,6-10H2/t12-,13+/m0/s1. The molecule has 80 valence electrons. The van der Waals surface area contributed by atoms with E-state index in [0.717, 1.165) is 12.5 Å². The molecule has 1 aromatic rings. The van der Waals surface area contributed by atoms with Gasteiger partial charge in [-0.25, -0.2) is 0 Å². The highest BCUT2D eigenvalue weighted by Crippen LogP contribution is 2.30. The lowest BCUT2D eigenvalue weighted by Gasteiger charge is -2.23. The Kier molecular flexibility index (Phi) is 2.47. The van der Waals surface area contributed by atoms with E-state index in [1.54, 1.807) is 0 Å². The minimum Gasteiger partial charge on any atom is -0.301 e. The summed E-state index contributed by atoms with van der Waals surface area (Å²) in [4.78, 5) is 2.59. The molecule has 0 bridgehead atoms.